The highest BCUT2D eigenvalue weighted by molar-refractivity contribution is 6.40. The van der Waals surface area contributed by atoms with Crippen molar-refractivity contribution >= 4 is 40.0 Å². The zero-order valence-electron chi connectivity index (χ0n) is 11.1. The molecule has 1 aromatic heterocycles. The van der Waals surface area contributed by atoms with E-state index >= 15 is 0 Å². The van der Waals surface area contributed by atoms with Gasteiger partial charge in [0.05, 0.1) is 15.6 Å². The van der Waals surface area contributed by atoms with E-state index in [0.717, 1.165) is 42.5 Å². The van der Waals surface area contributed by atoms with Gasteiger partial charge < -0.3 is 5.32 Å². The molecule has 0 aliphatic carbocycles. The van der Waals surface area contributed by atoms with Crippen LogP contribution in [-0.4, -0.2) is 23.7 Å². The van der Waals surface area contributed by atoms with Crippen molar-refractivity contribution in [2.45, 2.75) is 19.8 Å². The Hall–Kier alpha value is -1.23. The van der Waals surface area contributed by atoms with Crippen molar-refractivity contribution in [2.24, 2.45) is 0 Å². The van der Waals surface area contributed by atoms with Crippen LogP contribution in [0.4, 0.5) is 0 Å². The molecular weight excluding hydrogens is 297 g/mol. The lowest BCUT2D eigenvalue weighted by molar-refractivity contribution is -0.115. The lowest BCUT2D eigenvalue weighted by atomic mass is 10.1. The van der Waals surface area contributed by atoms with E-state index in [2.05, 4.69) is 10.7 Å². The molecule has 1 aliphatic rings. The molecular formula is C14H15Cl2N3O. The molecule has 0 spiro atoms. The van der Waals surface area contributed by atoms with Gasteiger partial charge in [-0.25, -0.2) is 0 Å². The summed E-state index contributed by atoms with van der Waals surface area (Å²) in [5, 5.41) is 5.58. The van der Waals surface area contributed by atoms with E-state index in [4.69, 9.17) is 23.2 Å². The first-order valence-electron chi connectivity index (χ1n) is 6.58. The molecule has 0 radical (unpaired) electrons. The van der Waals surface area contributed by atoms with Crippen molar-refractivity contribution < 1.29 is 4.79 Å². The lowest BCUT2D eigenvalue weighted by Crippen LogP contribution is -2.23. The minimum atomic E-state index is -0.127. The van der Waals surface area contributed by atoms with E-state index in [9.17, 15) is 4.79 Å². The van der Waals surface area contributed by atoms with Gasteiger partial charge >= 0.3 is 0 Å². The van der Waals surface area contributed by atoms with Crippen LogP contribution in [0.2, 0.25) is 10.0 Å². The fraction of sp³-hybridized carbons (Fsp3) is 0.357. The smallest absolute Gasteiger partial charge is 0.235 e. The molecule has 2 N–H and O–H groups in total. The van der Waals surface area contributed by atoms with Gasteiger partial charge in [-0.2, -0.15) is 0 Å². The molecule has 6 heteroatoms. The number of carbonyl (C=O) groups excluding carboxylic acids is 1. The summed E-state index contributed by atoms with van der Waals surface area (Å²) in [7, 11) is 0. The summed E-state index contributed by atoms with van der Waals surface area (Å²) >= 11 is 12.7. The fourth-order valence-corrected chi connectivity index (χ4v) is 3.33. The number of aromatic nitrogens is 1. The second-order valence-corrected chi connectivity index (χ2v) is 5.75. The molecule has 0 saturated heterocycles. The normalized spacial score (nSPS) is 14.9. The van der Waals surface area contributed by atoms with Crippen molar-refractivity contribution in [1.82, 2.24) is 9.99 Å². The number of fused-ring (bicyclic) bond motifs is 3. The summed E-state index contributed by atoms with van der Waals surface area (Å²) < 4.78 is 1.80. The second kappa shape index (κ2) is 5.28. The third kappa shape index (κ3) is 2.18. The number of amides is 1. The first-order valence-corrected chi connectivity index (χ1v) is 7.33. The van der Waals surface area contributed by atoms with Gasteiger partial charge in [-0.3, -0.25) is 14.9 Å². The summed E-state index contributed by atoms with van der Waals surface area (Å²) in [6.07, 6.45) is 1.70. The van der Waals surface area contributed by atoms with Crippen LogP contribution < -0.4 is 10.7 Å². The highest BCUT2D eigenvalue weighted by Crippen LogP contribution is 2.36. The maximum absolute atomic E-state index is 11.5. The third-order valence-electron chi connectivity index (χ3n) is 3.58. The van der Waals surface area contributed by atoms with E-state index in [-0.39, 0.29) is 5.91 Å². The van der Waals surface area contributed by atoms with Crippen LogP contribution in [0.3, 0.4) is 0 Å². The topological polar surface area (TPSA) is 46.1 Å². The Morgan fingerprint density at radius 2 is 1.95 bits per heavy atom. The van der Waals surface area contributed by atoms with Gasteiger partial charge in [0.15, 0.2) is 0 Å². The molecule has 3 rings (SSSR count). The summed E-state index contributed by atoms with van der Waals surface area (Å²) in [6.45, 7) is 3.26. The largest absolute Gasteiger partial charge is 0.316 e. The van der Waals surface area contributed by atoms with Gasteiger partial charge in [-0.1, -0.05) is 23.2 Å². The maximum Gasteiger partial charge on any atom is 0.235 e. The minimum absolute atomic E-state index is 0.127. The summed E-state index contributed by atoms with van der Waals surface area (Å²) in [4.78, 5) is 11.5. The Morgan fingerprint density at radius 3 is 2.70 bits per heavy atom. The molecule has 2 aromatic rings. The van der Waals surface area contributed by atoms with Crippen LogP contribution >= 0.6 is 23.2 Å². The quantitative estimate of drug-likeness (QED) is 0.850. The zero-order chi connectivity index (χ0) is 14.3. The monoisotopic (exact) mass is 311 g/mol. The van der Waals surface area contributed by atoms with Crippen LogP contribution in [-0.2, 0) is 17.6 Å². The van der Waals surface area contributed by atoms with Crippen molar-refractivity contribution in [1.29, 1.82) is 0 Å². The number of rotatable bonds is 1. The van der Waals surface area contributed by atoms with Gasteiger partial charge in [-0.15, -0.1) is 0 Å². The minimum Gasteiger partial charge on any atom is -0.316 e. The van der Waals surface area contributed by atoms with Gasteiger partial charge in [0.25, 0.3) is 0 Å². The van der Waals surface area contributed by atoms with Crippen molar-refractivity contribution in [3.05, 3.63) is 33.4 Å². The zero-order valence-corrected chi connectivity index (χ0v) is 12.6. The molecule has 0 atom stereocenters. The summed E-state index contributed by atoms with van der Waals surface area (Å²) in [5.41, 5.74) is 5.90. The number of halogens is 2. The average molecular weight is 312 g/mol. The number of hydrogen-bond donors (Lipinski definition) is 2. The number of hydrogen-bond acceptors (Lipinski definition) is 2. The van der Waals surface area contributed by atoms with Crippen LogP contribution in [0.15, 0.2) is 12.1 Å². The summed E-state index contributed by atoms with van der Waals surface area (Å²) in [5.74, 6) is -0.127. The van der Waals surface area contributed by atoms with Crippen LogP contribution in [0.5, 0.6) is 0 Å². The molecule has 0 saturated carbocycles. The first kappa shape index (κ1) is 13.7. The fourth-order valence-electron chi connectivity index (χ4n) is 2.82. The number of benzene rings is 1. The van der Waals surface area contributed by atoms with E-state index in [1.165, 1.54) is 12.5 Å². The van der Waals surface area contributed by atoms with Crippen LogP contribution in [0.1, 0.15) is 18.2 Å². The van der Waals surface area contributed by atoms with E-state index in [0.29, 0.717) is 10.0 Å². The Bertz CT molecular complexity index is 694. The van der Waals surface area contributed by atoms with Crippen LogP contribution in [0, 0.1) is 0 Å². The molecule has 1 aromatic carbocycles. The molecule has 0 fully saturated rings. The molecule has 1 aliphatic heterocycles. The van der Waals surface area contributed by atoms with Crippen molar-refractivity contribution in [2.75, 3.05) is 18.5 Å². The average Bonchev–Trinajstić information content (AvgIpc) is 2.58. The number of nitrogens with zero attached hydrogens (tertiary/aromatic N) is 1. The predicted octanol–water partition coefficient (Wildman–Crippen LogP) is 2.73. The predicted molar refractivity (Wildman–Crippen MR) is 82.3 cm³/mol. The molecule has 106 valence electrons. The standard InChI is InChI=1S/C14H15Cl2N3O/c1-8(20)18-19-12-5-7-17-6-4-9(12)13-10(15)2-3-11(16)14(13)19/h2-3,17H,4-7H2,1H3,(H,18,20). The molecule has 1 amide bonds. The highest BCUT2D eigenvalue weighted by Gasteiger charge is 2.23. The Morgan fingerprint density at radius 1 is 1.25 bits per heavy atom. The highest BCUT2D eigenvalue weighted by atomic mass is 35.5. The maximum atomic E-state index is 11.5. The van der Waals surface area contributed by atoms with Crippen molar-refractivity contribution in [3.8, 4) is 0 Å². The summed E-state index contributed by atoms with van der Waals surface area (Å²) in [6, 6.07) is 3.57. The SMILES string of the molecule is CC(=O)Nn1c2c(c3c(Cl)ccc(Cl)c31)CCNCC2. The van der Waals surface area contributed by atoms with Gasteiger partial charge in [0.2, 0.25) is 5.91 Å². The van der Waals surface area contributed by atoms with E-state index < -0.39 is 0 Å². The van der Waals surface area contributed by atoms with Crippen LogP contribution in [0.25, 0.3) is 10.9 Å². The van der Waals surface area contributed by atoms with Crippen molar-refractivity contribution in [3.63, 3.8) is 0 Å². The first-order chi connectivity index (χ1) is 9.59. The Kier molecular flexibility index (Phi) is 3.63. The molecule has 0 bridgehead atoms. The molecule has 20 heavy (non-hydrogen) atoms. The molecule has 4 nitrogen and oxygen atoms in total. The van der Waals surface area contributed by atoms with E-state index in [1.54, 1.807) is 10.7 Å². The molecule has 2 heterocycles. The number of carbonyl (C=O) groups is 1. The van der Waals surface area contributed by atoms with Gasteiger partial charge in [-0.05, 0) is 30.7 Å². The number of nitrogens with one attached hydrogen (secondary N) is 2. The van der Waals surface area contributed by atoms with Gasteiger partial charge in [0.1, 0.15) is 0 Å². The third-order valence-corrected chi connectivity index (χ3v) is 4.20. The molecule has 0 unspecified atom stereocenters. The Labute approximate surface area is 127 Å². The second-order valence-electron chi connectivity index (χ2n) is 4.93. The Balaban J connectivity index is 2.36. The van der Waals surface area contributed by atoms with Gasteiger partial charge in [0, 0.05) is 31.0 Å². The lowest BCUT2D eigenvalue weighted by Gasteiger charge is -2.11. The van der Waals surface area contributed by atoms with E-state index in [1.807, 2.05) is 6.07 Å².